The SMILES string of the molecule is FC1COC1(F)F. The standard InChI is InChI=1S/C3H3F3O/c4-2-1-7-3(2,5)6/h2H,1H2. The quantitative estimate of drug-likeness (QED) is 0.453. The minimum atomic E-state index is -3.49. The molecule has 0 amide bonds. The molecule has 1 saturated heterocycles. The topological polar surface area (TPSA) is 9.23 Å². The minimum absolute atomic E-state index is 0.465. The number of rotatable bonds is 0. The Balaban J connectivity index is 2.43. The molecule has 42 valence electrons. The van der Waals surface area contributed by atoms with Crippen LogP contribution in [0.3, 0.4) is 0 Å². The normalized spacial score (nSPS) is 37.3. The Labute approximate surface area is 38.1 Å². The molecule has 1 fully saturated rings. The van der Waals surface area contributed by atoms with Gasteiger partial charge >= 0.3 is 6.11 Å². The summed E-state index contributed by atoms with van der Waals surface area (Å²) in [5.74, 6) is 0. The molecule has 1 atom stereocenters. The van der Waals surface area contributed by atoms with Crippen LogP contribution in [0.1, 0.15) is 0 Å². The summed E-state index contributed by atoms with van der Waals surface area (Å²) >= 11 is 0. The second-order valence-corrected chi connectivity index (χ2v) is 1.34. The predicted molar refractivity (Wildman–Crippen MR) is 15.8 cm³/mol. The van der Waals surface area contributed by atoms with Crippen molar-refractivity contribution in [2.24, 2.45) is 0 Å². The van der Waals surface area contributed by atoms with Gasteiger partial charge in [-0.15, -0.1) is 0 Å². The first-order valence-corrected chi connectivity index (χ1v) is 1.79. The summed E-state index contributed by atoms with van der Waals surface area (Å²) in [4.78, 5) is 0. The van der Waals surface area contributed by atoms with Gasteiger partial charge in [0.25, 0.3) is 0 Å². The van der Waals surface area contributed by atoms with Gasteiger partial charge in [0, 0.05) is 0 Å². The highest BCUT2D eigenvalue weighted by Crippen LogP contribution is 2.31. The minimum Gasteiger partial charge on any atom is -0.315 e. The van der Waals surface area contributed by atoms with Gasteiger partial charge < -0.3 is 4.74 Å². The van der Waals surface area contributed by atoms with Gasteiger partial charge in [-0.3, -0.25) is 0 Å². The van der Waals surface area contributed by atoms with Crippen molar-refractivity contribution in [2.45, 2.75) is 12.3 Å². The molecule has 1 unspecified atom stereocenters. The van der Waals surface area contributed by atoms with E-state index in [4.69, 9.17) is 0 Å². The van der Waals surface area contributed by atoms with E-state index in [1.165, 1.54) is 0 Å². The number of alkyl halides is 3. The summed E-state index contributed by atoms with van der Waals surface area (Å²) in [5, 5.41) is 0. The molecule has 1 nitrogen and oxygen atoms in total. The first-order chi connectivity index (χ1) is 3.13. The van der Waals surface area contributed by atoms with Gasteiger partial charge in [-0.1, -0.05) is 0 Å². The van der Waals surface area contributed by atoms with Gasteiger partial charge in [0.05, 0.1) is 6.61 Å². The number of hydrogen-bond donors (Lipinski definition) is 0. The van der Waals surface area contributed by atoms with Crippen molar-refractivity contribution < 1.29 is 17.9 Å². The molecule has 0 aromatic rings. The fourth-order valence-electron chi connectivity index (χ4n) is 0.272. The van der Waals surface area contributed by atoms with Crippen molar-refractivity contribution in [3.05, 3.63) is 0 Å². The van der Waals surface area contributed by atoms with E-state index in [0.29, 0.717) is 0 Å². The monoisotopic (exact) mass is 112 g/mol. The Kier molecular flexibility index (Phi) is 0.786. The average Bonchev–Trinajstić information content (AvgIpc) is 1.63. The zero-order valence-corrected chi connectivity index (χ0v) is 3.33. The van der Waals surface area contributed by atoms with E-state index in [0.717, 1.165) is 0 Å². The molecular formula is C3H3F3O. The van der Waals surface area contributed by atoms with E-state index in [1.54, 1.807) is 0 Å². The van der Waals surface area contributed by atoms with Crippen LogP contribution in [0.4, 0.5) is 13.2 Å². The van der Waals surface area contributed by atoms with Crippen molar-refractivity contribution >= 4 is 0 Å². The second-order valence-electron chi connectivity index (χ2n) is 1.34. The molecule has 0 saturated carbocycles. The zero-order valence-electron chi connectivity index (χ0n) is 3.33. The molecule has 7 heavy (non-hydrogen) atoms. The lowest BCUT2D eigenvalue weighted by Gasteiger charge is -2.29. The number of hydrogen-bond acceptors (Lipinski definition) is 1. The van der Waals surface area contributed by atoms with Crippen molar-refractivity contribution in [2.75, 3.05) is 6.61 Å². The van der Waals surface area contributed by atoms with Crippen molar-refractivity contribution in [1.82, 2.24) is 0 Å². The van der Waals surface area contributed by atoms with Crippen LogP contribution in [0.25, 0.3) is 0 Å². The van der Waals surface area contributed by atoms with Crippen LogP contribution in [-0.4, -0.2) is 18.9 Å². The second kappa shape index (κ2) is 1.12. The Hall–Kier alpha value is -0.250. The Morgan fingerprint density at radius 3 is 2.00 bits per heavy atom. The van der Waals surface area contributed by atoms with E-state index >= 15 is 0 Å². The maximum atomic E-state index is 11.4. The highest BCUT2D eigenvalue weighted by atomic mass is 19.3. The van der Waals surface area contributed by atoms with Crippen LogP contribution in [0.5, 0.6) is 0 Å². The summed E-state index contributed by atoms with van der Waals surface area (Å²) in [6.45, 7) is -0.465. The van der Waals surface area contributed by atoms with Crippen LogP contribution in [-0.2, 0) is 4.74 Å². The smallest absolute Gasteiger partial charge is 0.315 e. The zero-order chi connectivity index (χ0) is 5.49. The van der Waals surface area contributed by atoms with E-state index in [-0.39, 0.29) is 0 Å². The van der Waals surface area contributed by atoms with Gasteiger partial charge in [-0.2, -0.15) is 8.78 Å². The third-order valence-corrected chi connectivity index (χ3v) is 0.787. The van der Waals surface area contributed by atoms with Crippen molar-refractivity contribution in [3.63, 3.8) is 0 Å². The lowest BCUT2D eigenvalue weighted by Crippen LogP contribution is -2.48. The highest BCUT2D eigenvalue weighted by Gasteiger charge is 2.51. The Morgan fingerprint density at radius 2 is 2.00 bits per heavy atom. The molecule has 0 spiro atoms. The fourth-order valence-corrected chi connectivity index (χ4v) is 0.272. The fraction of sp³-hybridized carbons (Fsp3) is 1.00. The maximum Gasteiger partial charge on any atom is 0.389 e. The average molecular weight is 112 g/mol. The van der Waals surface area contributed by atoms with Gasteiger partial charge in [-0.05, 0) is 0 Å². The molecule has 1 heterocycles. The maximum absolute atomic E-state index is 11.4. The lowest BCUT2D eigenvalue weighted by atomic mass is 10.3. The molecule has 0 aliphatic carbocycles. The van der Waals surface area contributed by atoms with Crippen LogP contribution in [0.2, 0.25) is 0 Å². The van der Waals surface area contributed by atoms with Gasteiger partial charge in [0.1, 0.15) is 0 Å². The highest BCUT2D eigenvalue weighted by molar-refractivity contribution is 4.75. The third-order valence-electron chi connectivity index (χ3n) is 0.787. The van der Waals surface area contributed by atoms with Crippen LogP contribution < -0.4 is 0 Å². The molecule has 0 aromatic carbocycles. The molecule has 0 N–H and O–H groups in total. The lowest BCUT2D eigenvalue weighted by molar-refractivity contribution is -0.356. The first-order valence-electron chi connectivity index (χ1n) is 1.79. The van der Waals surface area contributed by atoms with E-state index < -0.39 is 18.9 Å². The number of halogens is 3. The van der Waals surface area contributed by atoms with Crippen molar-refractivity contribution in [1.29, 1.82) is 0 Å². The molecule has 0 aromatic heterocycles. The molecule has 1 aliphatic rings. The van der Waals surface area contributed by atoms with E-state index in [2.05, 4.69) is 4.74 Å². The summed E-state index contributed by atoms with van der Waals surface area (Å²) < 4.78 is 37.6. The van der Waals surface area contributed by atoms with Gasteiger partial charge in [-0.25, -0.2) is 4.39 Å². The molecule has 1 rings (SSSR count). The van der Waals surface area contributed by atoms with E-state index in [9.17, 15) is 13.2 Å². The molecule has 4 heteroatoms. The van der Waals surface area contributed by atoms with Crippen LogP contribution >= 0.6 is 0 Å². The predicted octanol–water partition coefficient (Wildman–Crippen LogP) is 0.948. The molecular weight excluding hydrogens is 109 g/mol. The third kappa shape index (κ3) is 0.586. The summed E-state index contributed by atoms with van der Waals surface area (Å²) in [5.41, 5.74) is 0. The summed E-state index contributed by atoms with van der Waals surface area (Å²) in [7, 11) is 0. The summed E-state index contributed by atoms with van der Waals surface area (Å²) in [6.07, 6.45) is -5.56. The Morgan fingerprint density at radius 1 is 1.57 bits per heavy atom. The molecule has 1 aliphatic heterocycles. The van der Waals surface area contributed by atoms with Gasteiger partial charge in [0.15, 0.2) is 0 Å². The summed E-state index contributed by atoms with van der Waals surface area (Å²) in [6, 6.07) is 0. The Bertz CT molecular complexity index is 82.2. The van der Waals surface area contributed by atoms with Crippen LogP contribution in [0, 0.1) is 0 Å². The van der Waals surface area contributed by atoms with Crippen molar-refractivity contribution in [3.8, 4) is 0 Å². The first kappa shape index (κ1) is 4.90. The largest absolute Gasteiger partial charge is 0.389 e. The van der Waals surface area contributed by atoms with Crippen LogP contribution in [0.15, 0.2) is 0 Å². The molecule has 0 radical (unpaired) electrons. The van der Waals surface area contributed by atoms with E-state index in [1.807, 2.05) is 0 Å². The number of ether oxygens (including phenoxy) is 1. The molecule has 0 bridgehead atoms. The van der Waals surface area contributed by atoms with Gasteiger partial charge in [0.2, 0.25) is 6.17 Å².